The molecule has 0 nitrogen and oxygen atoms in total. The van der Waals surface area contributed by atoms with E-state index in [2.05, 4.69) is 62.5 Å². The third kappa shape index (κ3) is 1.53. The highest BCUT2D eigenvalue weighted by atomic mass is 14.4. The van der Waals surface area contributed by atoms with Crippen LogP contribution in [-0.4, -0.2) is 0 Å². The predicted molar refractivity (Wildman–Crippen MR) is 83.2 cm³/mol. The van der Waals surface area contributed by atoms with E-state index in [0.717, 1.165) is 6.42 Å². The van der Waals surface area contributed by atoms with E-state index in [4.69, 9.17) is 0 Å². The fourth-order valence-electron chi connectivity index (χ4n) is 3.34. The normalized spacial score (nSPS) is 19.6. The summed E-state index contributed by atoms with van der Waals surface area (Å²) in [5, 5.41) is 0. The smallest absolute Gasteiger partial charge is 0.0221 e. The van der Waals surface area contributed by atoms with Crippen LogP contribution in [-0.2, 0) is 5.41 Å². The minimum absolute atomic E-state index is 0.0344. The highest BCUT2D eigenvalue weighted by molar-refractivity contribution is 5.87. The summed E-state index contributed by atoms with van der Waals surface area (Å²) in [6.07, 6.45) is 4.93. The molecule has 2 aromatic carbocycles. The van der Waals surface area contributed by atoms with Crippen molar-refractivity contribution in [3.8, 4) is 11.1 Å². The van der Waals surface area contributed by atoms with Crippen molar-refractivity contribution in [2.24, 2.45) is 0 Å². The number of hydrogen-bond donors (Lipinski definition) is 0. The van der Waals surface area contributed by atoms with Gasteiger partial charge in [0.2, 0.25) is 0 Å². The number of rotatable bonds is 3. The fourth-order valence-corrected chi connectivity index (χ4v) is 3.34. The van der Waals surface area contributed by atoms with Gasteiger partial charge in [0.1, 0.15) is 0 Å². The maximum Gasteiger partial charge on any atom is 0.0221 e. The first-order valence-corrected chi connectivity index (χ1v) is 6.69. The predicted octanol–water partition coefficient (Wildman–Crippen LogP) is 5.19. The number of fused-ring (bicyclic) bond motifs is 3. The Balaban J connectivity index is 2.40. The first kappa shape index (κ1) is 12.0. The third-order valence-corrected chi connectivity index (χ3v) is 4.25. The molecule has 0 saturated heterocycles. The highest BCUT2D eigenvalue weighted by Crippen LogP contribution is 2.51. The molecule has 0 N–H and O–H groups in total. The van der Waals surface area contributed by atoms with Crippen LogP contribution in [0, 0.1) is 0 Å². The van der Waals surface area contributed by atoms with Crippen LogP contribution in [0.15, 0.2) is 61.7 Å². The zero-order valence-corrected chi connectivity index (χ0v) is 11.3. The maximum absolute atomic E-state index is 3.95. The molecule has 0 heteroatoms. The van der Waals surface area contributed by atoms with Gasteiger partial charge in [0.15, 0.2) is 0 Å². The molecular weight excluding hydrogens is 228 g/mol. The minimum atomic E-state index is 0.0344. The topological polar surface area (TPSA) is 0 Å². The van der Waals surface area contributed by atoms with Crippen molar-refractivity contribution >= 4 is 6.08 Å². The Kier molecular flexibility index (Phi) is 2.67. The summed E-state index contributed by atoms with van der Waals surface area (Å²) in [6, 6.07) is 15.2. The van der Waals surface area contributed by atoms with E-state index in [0.29, 0.717) is 0 Å². The van der Waals surface area contributed by atoms with Gasteiger partial charge >= 0.3 is 0 Å². The Morgan fingerprint density at radius 1 is 1.00 bits per heavy atom. The zero-order chi connectivity index (χ0) is 13.5. The van der Waals surface area contributed by atoms with Crippen molar-refractivity contribution in [3.05, 3.63) is 78.4 Å². The van der Waals surface area contributed by atoms with E-state index in [-0.39, 0.29) is 5.41 Å². The molecule has 0 heterocycles. The van der Waals surface area contributed by atoms with E-state index in [1.807, 2.05) is 12.2 Å². The van der Waals surface area contributed by atoms with Gasteiger partial charge in [-0.05, 0) is 34.2 Å². The zero-order valence-electron chi connectivity index (χ0n) is 11.3. The molecule has 0 aromatic heterocycles. The molecular formula is C19H18. The van der Waals surface area contributed by atoms with E-state index < -0.39 is 0 Å². The van der Waals surface area contributed by atoms with E-state index in [1.54, 1.807) is 0 Å². The Hall–Kier alpha value is -2.08. The Labute approximate surface area is 115 Å². The van der Waals surface area contributed by atoms with Gasteiger partial charge in [-0.2, -0.15) is 0 Å². The second kappa shape index (κ2) is 4.24. The van der Waals surface area contributed by atoms with Crippen LogP contribution in [0.25, 0.3) is 17.2 Å². The monoisotopic (exact) mass is 246 g/mol. The molecule has 0 amide bonds. The second-order valence-electron chi connectivity index (χ2n) is 5.34. The molecule has 0 radical (unpaired) electrons. The van der Waals surface area contributed by atoms with Crippen LogP contribution in [0.2, 0.25) is 0 Å². The van der Waals surface area contributed by atoms with Gasteiger partial charge in [-0.3, -0.25) is 0 Å². The lowest BCUT2D eigenvalue weighted by atomic mass is 9.77. The van der Waals surface area contributed by atoms with Crippen LogP contribution < -0.4 is 0 Å². The molecule has 1 aliphatic carbocycles. The van der Waals surface area contributed by atoms with Gasteiger partial charge in [-0.1, -0.05) is 68.1 Å². The van der Waals surface area contributed by atoms with Crippen LogP contribution in [0.4, 0.5) is 0 Å². The van der Waals surface area contributed by atoms with E-state index in [9.17, 15) is 0 Å². The summed E-state index contributed by atoms with van der Waals surface area (Å²) in [4.78, 5) is 0. The lowest BCUT2D eigenvalue weighted by molar-refractivity contribution is 0.597. The first-order chi connectivity index (χ1) is 9.22. The van der Waals surface area contributed by atoms with Crippen molar-refractivity contribution in [3.63, 3.8) is 0 Å². The molecule has 1 aliphatic rings. The van der Waals surface area contributed by atoms with Crippen LogP contribution in [0.5, 0.6) is 0 Å². The number of benzene rings is 2. The SMILES string of the molecule is C=CCC1(C)c2ccccc2-c2c(C=C)cccc21. The number of hydrogen-bond acceptors (Lipinski definition) is 0. The van der Waals surface area contributed by atoms with Gasteiger partial charge in [0.05, 0.1) is 0 Å². The van der Waals surface area contributed by atoms with Gasteiger partial charge in [-0.25, -0.2) is 0 Å². The number of allylic oxidation sites excluding steroid dienone is 1. The second-order valence-corrected chi connectivity index (χ2v) is 5.34. The first-order valence-electron chi connectivity index (χ1n) is 6.69. The van der Waals surface area contributed by atoms with Crippen molar-refractivity contribution in [1.82, 2.24) is 0 Å². The largest absolute Gasteiger partial charge is 0.103 e. The molecule has 0 bridgehead atoms. The molecule has 1 unspecified atom stereocenters. The van der Waals surface area contributed by atoms with Crippen LogP contribution in [0.1, 0.15) is 30.0 Å². The molecule has 0 aliphatic heterocycles. The lowest BCUT2D eigenvalue weighted by Crippen LogP contribution is -2.19. The van der Waals surface area contributed by atoms with Gasteiger partial charge in [0.25, 0.3) is 0 Å². The minimum Gasteiger partial charge on any atom is -0.103 e. The van der Waals surface area contributed by atoms with Crippen LogP contribution in [0.3, 0.4) is 0 Å². The summed E-state index contributed by atoms with van der Waals surface area (Å²) in [5.74, 6) is 0. The highest BCUT2D eigenvalue weighted by Gasteiger charge is 2.38. The molecule has 3 rings (SSSR count). The maximum atomic E-state index is 3.95. The summed E-state index contributed by atoms with van der Waals surface area (Å²) in [6.45, 7) is 10.2. The quantitative estimate of drug-likeness (QED) is 0.654. The molecule has 94 valence electrons. The average Bonchev–Trinajstić information content (AvgIpc) is 2.70. The lowest BCUT2D eigenvalue weighted by Gasteiger charge is -2.26. The average molecular weight is 246 g/mol. The summed E-state index contributed by atoms with van der Waals surface area (Å²) in [5.41, 5.74) is 6.74. The van der Waals surface area contributed by atoms with Crippen molar-refractivity contribution in [1.29, 1.82) is 0 Å². The third-order valence-electron chi connectivity index (χ3n) is 4.25. The van der Waals surface area contributed by atoms with Gasteiger partial charge < -0.3 is 0 Å². The van der Waals surface area contributed by atoms with Crippen LogP contribution >= 0.6 is 0 Å². The molecule has 1 atom stereocenters. The Morgan fingerprint density at radius 3 is 2.47 bits per heavy atom. The van der Waals surface area contributed by atoms with E-state index in [1.165, 1.54) is 27.8 Å². The van der Waals surface area contributed by atoms with Crippen molar-refractivity contribution < 1.29 is 0 Å². The summed E-state index contributed by atoms with van der Waals surface area (Å²) in [7, 11) is 0. The van der Waals surface area contributed by atoms with Gasteiger partial charge in [0, 0.05) is 5.41 Å². The molecule has 0 fully saturated rings. The standard InChI is InChI=1S/C19H18/c1-4-13-19(3)16-11-7-6-10-15(16)18-14(5-2)9-8-12-17(18)19/h4-12H,1-2,13H2,3H3. The Morgan fingerprint density at radius 2 is 1.74 bits per heavy atom. The summed E-state index contributed by atoms with van der Waals surface area (Å²) >= 11 is 0. The molecule has 19 heavy (non-hydrogen) atoms. The fraction of sp³-hybridized carbons (Fsp3) is 0.158. The van der Waals surface area contributed by atoms with E-state index >= 15 is 0 Å². The summed E-state index contributed by atoms with van der Waals surface area (Å²) < 4.78 is 0. The molecule has 0 saturated carbocycles. The van der Waals surface area contributed by atoms with Gasteiger partial charge in [-0.15, -0.1) is 6.58 Å². The molecule has 0 spiro atoms. The van der Waals surface area contributed by atoms with Crippen molar-refractivity contribution in [2.45, 2.75) is 18.8 Å². The van der Waals surface area contributed by atoms with Crippen molar-refractivity contribution in [2.75, 3.05) is 0 Å². The molecule has 2 aromatic rings. The Bertz CT molecular complexity index is 663.